The Kier molecular flexibility index (Phi) is 5.52. The number of H-pyrrole nitrogens is 1. The molecule has 2 saturated heterocycles. The van der Waals surface area contributed by atoms with Crippen molar-refractivity contribution >= 4 is 17.3 Å². The van der Waals surface area contributed by atoms with Crippen molar-refractivity contribution in [2.45, 2.75) is 25.6 Å². The maximum absolute atomic E-state index is 11.6. The van der Waals surface area contributed by atoms with Crippen LogP contribution < -0.4 is 21.1 Å². The molecule has 2 fully saturated rings. The van der Waals surface area contributed by atoms with Crippen LogP contribution in [0.1, 0.15) is 24.3 Å². The van der Waals surface area contributed by atoms with Gasteiger partial charge in [0.15, 0.2) is 5.82 Å². The fourth-order valence-electron chi connectivity index (χ4n) is 5.11. The molecule has 3 N–H and O–H groups in total. The number of aromatic nitrogens is 3. The normalized spacial score (nSPS) is 22.3. The first-order valence-electron chi connectivity index (χ1n) is 12.0. The molecule has 3 aliphatic rings. The molecule has 0 bridgehead atoms. The molecule has 3 aliphatic heterocycles. The van der Waals surface area contributed by atoms with E-state index in [1.54, 1.807) is 6.07 Å². The van der Waals surface area contributed by atoms with Crippen molar-refractivity contribution in [3.05, 3.63) is 64.1 Å². The Morgan fingerprint density at radius 2 is 1.97 bits per heavy atom. The van der Waals surface area contributed by atoms with Gasteiger partial charge in [-0.25, -0.2) is 9.97 Å². The molecule has 0 saturated carbocycles. The summed E-state index contributed by atoms with van der Waals surface area (Å²) in [4.78, 5) is 29.4. The van der Waals surface area contributed by atoms with Gasteiger partial charge in [0.25, 0.3) is 0 Å². The van der Waals surface area contributed by atoms with Crippen LogP contribution in [0.15, 0.2) is 47.3 Å². The first-order valence-corrected chi connectivity index (χ1v) is 12.0. The molecule has 2 atom stereocenters. The quantitative estimate of drug-likeness (QED) is 0.547. The van der Waals surface area contributed by atoms with Crippen LogP contribution in [0.2, 0.25) is 0 Å². The minimum absolute atomic E-state index is 0.136. The monoisotopic (exact) mass is 459 g/mol. The molecule has 5 heterocycles. The van der Waals surface area contributed by atoms with Gasteiger partial charge in [-0.1, -0.05) is 6.07 Å². The molecule has 6 rings (SSSR count). The number of anilines is 3. The van der Waals surface area contributed by atoms with E-state index < -0.39 is 0 Å². The second-order valence-corrected chi connectivity index (χ2v) is 9.13. The first-order chi connectivity index (χ1) is 16.7. The second kappa shape index (κ2) is 8.83. The molecule has 3 aromatic rings. The third-order valence-corrected chi connectivity index (χ3v) is 6.86. The number of aromatic amines is 1. The van der Waals surface area contributed by atoms with Crippen molar-refractivity contribution in [1.29, 1.82) is 0 Å². The molecule has 9 nitrogen and oxygen atoms in total. The molecule has 0 spiro atoms. The van der Waals surface area contributed by atoms with Gasteiger partial charge in [0, 0.05) is 49.1 Å². The zero-order valence-corrected chi connectivity index (χ0v) is 19.3. The van der Waals surface area contributed by atoms with Crippen LogP contribution in [-0.2, 0) is 11.2 Å². The summed E-state index contributed by atoms with van der Waals surface area (Å²) in [6.07, 6.45) is 1.11. The van der Waals surface area contributed by atoms with Crippen molar-refractivity contribution in [3.8, 4) is 11.4 Å². The Morgan fingerprint density at radius 3 is 2.79 bits per heavy atom. The largest absolute Gasteiger partial charge is 0.377 e. The summed E-state index contributed by atoms with van der Waals surface area (Å²) in [5.74, 6) is 2.44. The maximum atomic E-state index is 11.6. The lowest BCUT2D eigenvalue weighted by Gasteiger charge is -2.38. The second-order valence-electron chi connectivity index (χ2n) is 9.13. The lowest BCUT2D eigenvalue weighted by Crippen LogP contribution is -2.46. The summed E-state index contributed by atoms with van der Waals surface area (Å²) >= 11 is 0. The van der Waals surface area contributed by atoms with E-state index in [0.717, 1.165) is 61.2 Å². The van der Waals surface area contributed by atoms with Crippen molar-refractivity contribution in [2.75, 3.05) is 49.6 Å². The number of ether oxygens (including phenoxy) is 1. The maximum Gasteiger partial charge on any atom is 0.249 e. The molecule has 9 heteroatoms. The van der Waals surface area contributed by atoms with Crippen molar-refractivity contribution in [2.24, 2.45) is 0 Å². The number of nitrogens with zero attached hydrogens (tertiary/aromatic N) is 4. The van der Waals surface area contributed by atoms with Crippen LogP contribution in [-0.4, -0.2) is 65.3 Å². The topological polar surface area (TPSA) is 98.4 Å². The molecule has 176 valence electrons. The van der Waals surface area contributed by atoms with Crippen molar-refractivity contribution < 1.29 is 4.74 Å². The van der Waals surface area contributed by atoms with Crippen LogP contribution in [0, 0.1) is 0 Å². The SMILES string of the molecule is C[C@H]1COCCN1c1nc(-c2ccc(Nc3cccc(=O)[nH]3)cc2)nc2c1CCN1CCN[C@H]21. The minimum Gasteiger partial charge on any atom is -0.377 e. The van der Waals surface area contributed by atoms with Crippen LogP contribution in [0.5, 0.6) is 0 Å². The summed E-state index contributed by atoms with van der Waals surface area (Å²) < 4.78 is 5.70. The van der Waals surface area contributed by atoms with Crippen molar-refractivity contribution in [1.82, 2.24) is 25.2 Å². The van der Waals surface area contributed by atoms with E-state index in [-0.39, 0.29) is 17.8 Å². The number of hydrogen-bond acceptors (Lipinski definition) is 8. The van der Waals surface area contributed by atoms with E-state index in [1.807, 2.05) is 30.3 Å². The average molecular weight is 460 g/mol. The zero-order valence-electron chi connectivity index (χ0n) is 19.3. The highest BCUT2D eigenvalue weighted by molar-refractivity contribution is 5.66. The van der Waals surface area contributed by atoms with E-state index in [9.17, 15) is 4.79 Å². The number of nitrogens with one attached hydrogen (secondary N) is 3. The van der Waals surface area contributed by atoms with Gasteiger partial charge in [0.1, 0.15) is 17.8 Å². The smallest absolute Gasteiger partial charge is 0.249 e. The van der Waals surface area contributed by atoms with Crippen LogP contribution in [0.3, 0.4) is 0 Å². The number of hydrogen-bond donors (Lipinski definition) is 3. The van der Waals surface area contributed by atoms with E-state index in [0.29, 0.717) is 19.0 Å². The summed E-state index contributed by atoms with van der Waals surface area (Å²) in [6.45, 7) is 7.52. The van der Waals surface area contributed by atoms with Crippen molar-refractivity contribution in [3.63, 3.8) is 0 Å². The highest BCUT2D eigenvalue weighted by atomic mass is 16.5. The zero-order chi connectivity index (χ0) is 23.1. The van der Waals surface area contributed by atoms with Crippen LogP contribution in [0.4, 0.5) is 17.3 Å². The van der Waals surface area contributed by atoms with Gasteiger partial charge < -0.3 is 19.9 Å². The summed E-state index contributed by atoms with van der Waals surface area (Å²) in [5, 5.41) is 6.87. The highest BCUT2D eigenvalue weighted by Gasteiger charge is 2.36. The summed E-state index contributed by atoms with van der Waals surface area (Å²) in [7, 11) is 0. The van der Waals surface area contributed by atoms with Gasteiger partial charge in [0.2, 0.25) is 5.56 Å². The molecule has 34 heavy (non-hydrogen) atoms. The van der Waals surface area contributed by atoms with E-state index >= 15 is 0 Å². The molecular weight excluding hydrogens is 430 g/mol. The Balaban J connectivity index is 1.37. The Morgan fingerprint density at radius 1 is 1.09 bits per heavy atom. The van der Waals surface area contributed by atoms with E-state index in [2.05, 4.69) is 32.3 Å². The molecule has 0 radical (unpaired) electrons. The lowest BCUT2D eigenvalue weighted by atomic mass is 10.0. The van der Waals surface area contributed by atoms with Gasteiger partial charge in [-0.15, -0.1) is 0 Å². The van der Waals surface area contributed by atoms with Gasteiger partial charge >= 0.3 is 0 Å². The van der Waals surface area contributed by atoms with Crippen LogP contribution in [0.25, 0.3) is 11.4 Å². The Hall–Kier alpha value is -3.27. The summed E-state index contributed by atoms with van der Waals surface area (Å²) in [6, 6.07) is 13.4. The molecule has 0 amide bonds. The number of fused-ring (bicyclic) bond motifs is 3. The fraction of sp³-hybridized carbons (Fsp3) is 0.400. The predicted molar refractivity (Wildman–Crippen MR) is 131 cm³/mol. The third-order valence-electron chi connectivity index (χ3n) is 6.86. The minimum atomic E-state index is -0.136. The van der Waals surface area contributed by atoms with Gasteiger partial charge in [-0.05, 0) is 43.7 Å². The van der Waals surface area contributed by atoms with Gasteiger partial charge in [0.05, 0.1) is 24.9 Å². The standard InChI is InChI=1S/C25H29N7O2/c1-16-15-34-14-13-32(16)24-19-9-11-31-12-10-26-25(31)22(19)29-23(30-24)17-5-7-18(8-6-17)27-20-3-2-4-21(33)28-20/h2-8,16,25-26H,9-15H2,1H3,(H2,27,28,33)/t16-,25-/m0/s1. The predicted octanol–water partition coefficient (Wildman–Crippen LogP) is 2.26. The average Bonchev–Trinajstić information content (AvgIpc) is 3.34. The summed E-state index contributed by atoms with van der Waals surface area (Å²) in [5.41, 5.74) is 4.08. The molecule has 2 aromatic heterocycles. The van der Waals surface area contributed by atoms with Gasteiger partial charge in [-0.3, -0.25) is 15.0 Å². The molecule has 0 aliphatic carbocycles. The van der Waals surface area contributed by atoms with Gasteiger partial charge in [-0.2, -0.15) is 0 Å². The lowest BCUT2D eigenvalue weighted by molar-refractivity contribution is 0.0983. The molecule has 0 unspecified atom stereocenters. The van der Waals surface area contributed by atoms with Crippen LogP contribution >= 0.6 is 0 Å². The fourth-order valence-corrected chi connectivity index (χ4v) is 5.11. The third kappa shape index (κ3) is 3.96. The first kappa shape index (κ1) is 21.3. The highest BCUT2D eigenvalue weighted by Crippen LogP contribution is 2.36. The number of rotatable bonds is 4. The Bertz CT molecular complexity index is 1240. The number of morpholine rings is 1. The molecular formula is C25H29N7O2. The van der Waals surface area contributed by atoms with E-state index in [4.69, 9.17) is 14.7 Å². The number of pyridine rings is 1. The number of benzene rings is 1. The Labute approximate surface area is 198 Å². The molecule has 1 aromatic carbocycles. The van der Waals surface area contributed by atoms with E-state index in [1.165, 1.54) is 11.6 Å².